The summed E-state index contributed by atoms with van der Waals surface area (Å²) in [6, 6.07) is 13.9. The van der Waals surface area contributed by atoms with Crippen LogP contribution in [0, 0.1) is 6.92 Å². The number of benzene rings is 1. The van der Waals surface area contributed by atoms with Crippen molar-refractivity contribution in [2.45, 2.75) is 6.92 Å². The molecule has 0 unspecified atom stereocenters. The maximum atomic E-state index is 13.3. The molecule has 7 nitrogen and oxygen atoms in total. The third kappa shape index (κ3) is 3.07. The molecule has 0 aliphatic carbocycles. The lowest BCUT2D eigenvalue weighted by Crippen LogP contribution is -2.13. The molecule has 0 saturated heterocycles. The maximum absolute atomic E-state index is 13.3. The Morgan fingerprint density at radius 1 is 1.17 bits per heavy atom. The zero-order valence-electron chi connectivity index (χ0n) is 16.2. The van der Waals surface area contributed by atoms with E-state index >= 15 is 0 Å². The van der Waals surface area contributed by atoms with Crippen LogP contribution in [0.3, 0.4) is 0 Å². The van der Waals surface area contributed by atoms with Crippen molar-refractivity contribution >= 4 is 44.9 Å². The normalized spacial score (nSPS) is 11.3. The van der Waals surface area contributed by atoms with Crippen LogP contribution in [0.4, 0.5) is 5.69 Å². The number of pyridine rings is 1. The molecule has 0 radical (unpaired) electrons. The molecule has 0 aliphatic heterocycles. The van der Waals surface area contributed by atoms with E-state index in [0.29, 0.717) is 22.5 Å². The van der Waals surface area contributed by atoms with E-state index in [2.05, 4.69) is 10.4 Å². The van der Waals surface area contributed by atoms with Gasteiger partial charge in [0.1, 0.15) is 5.58 Å². The fourth-order valence-electron chi connectivity index (χ4n) is 3.52. The monoisotopic (exact) mass is 416 g/mol. The minimum Gasteiger partial charge on any atom is -0.423 e. The highest BCUT2D eigenvalue weighted by atomic mass is 32.1. The van der Waals surface area contributed by atoms with Crippen LogP contribution >= 0.6 is 11.3 Å². The van der Waals surface area contributed by atoms with Crippen LogP contribution in [-0.4, -0.2) is 20.7 Å². The number of amides is 1. The zero-order chi connectivity index (χ0) is 20.8. The van der Waals surface area contributed by atoms with Gasteiger partial charge >= 0.3 is 5.63 Å². The molecule has 8 heteroatoms. The molecule has 0 saturated carbocycles. The average Bonchev–Trinajstić information content (AvgIpc) is 3.36. The minimum atomic E-state index is -0.411. The molecule has 1 aromatic carbocycles. The molecule has 0 bridgehead atoms. The highest BCUT2D eigenvalue weighted by Gasteiger charge is 2.20. The SMILES string of the molecule is Cc1nn(C)c2nc(-c3cccs3)cc(C(=O)Nc3ccc4oc(=O)ccc4c3)c12. The third-order valence-electron chi connectivity index (χ3n) is 4.86. The summed E-state index contributed by atoms with van der Waals surface area (Å²) in [5.41, 5.74) is 3.29. The molecule has 4 aromatic heterocycles. The zero-order valence-corrected chi connectivity index (χ0v) is 17.0. The summed E-state index contributed by atoms with van der Waals surface area (Å²) >= 11 is 1.56. The Morgan fingerprint density at radius 3 is 2.83 bits per heavy atom. The Balaban J connectivity index is 1.60. The van der Waals surface area contributed by atoms with Gasteiger partial charge in [-0.2, -0.15) is 5.10 Å². The summed E-state index contributed by atoms with van der Waals surface area (Å²) < 4.78 is 6.84. The summed E-state index contributed by atoms with van der Waals surface area (Å²) in [5, 5.41) is 10.8. The van der Waals surface area contributed by atoms with Gasteiger partial charge in [0.2, 0.25) is 0 Å². The Kier molecular flexibility index (Phi) is 4.22. The number of nitrogens with one attached hydrogen (secondary N) is 1. The summed E-state index contributed by atoms with van der Waals surface area (Å²) in [6.07, 6.45) is 0. The molecule has 30 heavy (non-hydrogen) atoms. The first-order chi connectivity index (χ1) is 14.5. The van der Waals surface area contributed by atoms with Crippen LogP contribution < -0.4 is 10.9 Å². The predicted octanol–water partition coefficient (Wildman–Crippen LogP) is 4.36. The van der Waals surface area contributed by atoms with Crippen molar-refractivity contribution in [3.05, 3.63) is 75.6 Å². The number of nitrogens with zero attached hydrogens (tertiary/aromatic N) is 3. The lowest BCUT2D eigenvalue weighted by molar-refractivity contribution is 0.102. The number of anilines is 1. The second kappa shape index (κ2) is 6.93. The standard InChI is InChI=1S/C22H16N4O3S/c1-12-20-15(11-16(18-4-3-9-30-18)24-21(20)26(2)25-12)22(28)23-14-6-7-17-13(10-14)5-8-19(27)29-17/h3-11H,1-2H3,(H,23,28). The number of aryl methyl sites for hydroxylation is 2. The number of hydrogen-bond acceptors (Lipinski definition) is 6. The summed E-state index contributed by atoms with van der Waals surface area (Å²) in [6.45, 7) is 1.86. The predicted molar refractivity (Wildman–Crippen MR) is 117 cm³/mol. The van der Waals surface area contributed by atoms with E-state index in [4.69, 9.17) is 9.40 Å². The maximum Gasteiger partial charge on any atom is 0.336 e. The fraction of sp³-hybridized carbons (Fsp3) is 0.0909. The molecule has 148 valence electrons. The number of hydrogen-bond donors (Lipinski definition) is 1. The summed E-state index contributed by atoms with van der Waals surface area (Å²) in [7, 11) is 1.82. The first-order valence-corrected chi connectivity index (χ1v) is 10.1. The van der Waals surface area contributed by atoms with Gasteiger partial charge in [0.25, 0.3) is 5.91 Å². The van der Waals surface area contributed by atoms with Gasteiger partial charge in [0, 0.05) is 24.2 Å². The van der Waals surface area contributed by atoms with E-state index in [0.717, 1.165) is 27.0 Å². The number of carbonyl (C=O) groups excluding carboxylic acids is 1. The van der Waals surface area contributed by atoms with Crippen molar-refractivity contribution in [3.63, 3.8) is 0 Å². The van der Waals surface area contributed by atoms with Crippen LogP contribution in [0.25, 0.3) is 32.6 Å². The van der Waals surface area contributed by atoms with E-state index in [-0.39, 0.29) is 5.91 Å². The number of thiophene rings is 1. The highest BCUT2D eigenvalue weighted by molar-refractivity contribution is 7.13. The largest absolute Gasteiger partial charge is 0.423 e. The fourth-order valence-corrected chi connectivity index (χ4v) is 4.21. The molecule has 5 rings (SSSR count). The van der Waals surface area contributed by atoms with Crippen molar-refractivity contribution in [3.8, 4) is 10.6 Å². The summed E-state index contributed by atoms with van der Waals surface area (Å²) in [4.78, 5) is 30.3. The van der Waals surface area contributed by atoms with Crippen LogP contribution in [-0.2, 0) is 7.05 Å². The number of aromatic nitrogens is 3. The number of carbonyl (C=O) groups is 1. The Morgan fingerprint density at radius 2 is 2.03 bits per heavy atom. The number of rotatable bonds is 3. The molecular formula is C22H16N4O3S. The van der Waals surface area contributed by atoms with Crippen molar-refractivity contribution < 1.29 is 9.21 Å². The molecule has 4 heterocycles. The van der Waals surface area contributed by atoms with E-state index in [9.17, 15) is 9.59 Å². The van der Waals surface area contributed by atoms with Crippen LogP contribution in [0.2, 0.25) is 0 Å². The van der Waals surface area contributed by atoms with Gasteiger partial charge in [-0.25, -0.2) is 9.78 Å². The molecule has 0 spiro atoms. The van der Waals surface area contributed by atoms with Crippen LogP contribution in [0.1, 0.15) is 16.1 Å². The average molecular weight is 416 g/mol. The van der Waals surface area contributed by atoms with Gasteiger partial charge < -0.3 is 9.73 Å². The Bertz CT molecular complexity index is 1480. The lowest BCUT2D eigenvalue weighted by atomic mass is 10.1. The van der Waals surface area contributed by atoms with E-state index < -0.39 is 5.63 Å². The Labute approximate surface area is 174 Å². The molecular weight excluding hydrogens is 400 g/mol. The van der Waals surface area contributed by atoms with Gasteiger partial charge in [0.05, 0.1) is 27.2 Å². The van der Waals surface area contributed by atoms with Crippen molar-refractivity contribution in [1.82, 2.24) is 14.8 Å². The lowest BCUT2D eigenvalue weighted by Gasteiger charge is -2.09. The molecule has 1 amide bonds. The molecule has 1 N–H and O–H groups in total. The molecule has 0 fully saturated rings. The second-order valence-electron chi connectivity index (χ2n) is 6.90. The van der Waals surface area contributed by atoms with Crippen molar-refractivity contribution in [2.24, 2.45) is 7.05 Å². The summed E-state index contributed by atoms with van der Waals surface area (Å²) in [5.74, 6) is -0.256. The van der Waals surface area contributed by atoms with Gasteiger partial charge in [-0.3, -0.25) is 9.48 Å². The minimum absolute atomic E-state index is 0.256. The van der Waals surface area contributed by atoms with Crippen molar-refractivity contribution in [1.29, 1.82) is 0 Å². The van der Waals surface area contributed by atoms with E-state index in [1.54, 1.807) is 46.4 Å². The number of fused-ring (bicyclic) bond motifs is 2. The first-order valence-electron chi connectivity index (χ1n) is 9.23. The van der Waals surface area contributed by atoms with Gasteiger partial charge in [-0.15, -0.1) is 11.3 Å². The van der Waals surface area contributed by atoms with Gasteiger partial charge in [-0.05, 0) is 48.7 Å². The third-order valence-corrected chi connectivity index (χ3v) is 5.76. The van der Waals surface area contributed by atoms with Crippen LogP contribution in [0.5, 0.6) is 0 Å². The molecule has 0 aliphatic rings. The van der Waals surface area contributed by atoms with Crippen LogP contribution in [0.15, 0.2) is 63.1 Å². The van der Waals surface area contributed by atoms with Gasteiger partial charge in [0.15, 0.2) is 5.65 Å². The van der Waals surface area contributed by atoms with E-state index in [1.165, 1.54) is 6.07 Å². The quantitative estimate of drug-likeness (QED) is 0.441. The van der Waals surface area contributed by atoms with Gasteiger partial charge in [-0.1, -0.05) is 6.07 Å². The topological polar surface area (TPSA) is 90.0 Å². The van der Waals surface area contributed by atoms with Crippen molar-refractivity contribution in [2.75, 3.05) is 5.32 Å². The Hall–Kier alpha value is -3.78. The second-order valence-corrected chi connectivity index (χ2v) is 7.85. The first kappa shape index (κ1) is 18.3. The smallest absolute Gasteiger partial charge is 0.336 e. The molecule has 5 aromatic rings. The van der Waals surface area contributed by atoms with E-state index in [1.807, 2.05) is 31.5 Å². The molecule has 0 atom stereocenters. The highest BCUT2D eigenvalue weighted by Crippen LogP contribution is 2.30.